The highest BCUT2D eigenvalue weighted by atomic mass is 16.5. The Kier molecular flexibility index (Phi) is 5.36. The molecule has 0 fully saturated rings. The Hall–Kier alpha value is -1.85. The van der Waals surface area contributed by atoms with Crippen LogP contribution in [0.15, 0.2) is 24.4 Å². The van der Waals surface area contributed by atoms with E-state index in [9.17, 15) is 0 Å². The van der Waals surface area contributed by atoms with E-state index in [0.717, 1.165) is 35.9 Å². The Labute approximate surface area is 125 Å². The van der Waals surface area contributed by atoms with Crippen LogP contribution in [0.5, 0.6) is 5.75 Å². The van der Waals surface area contributed by atoms with Crippen LogP contribution in [0, 0.1) is 6.92 Å². The van der Waals surface area contributed by atoms with Gasteiger partial charge in [-0.3, -0.25) is 4.90 Å². The number of hydrogen-bond acceptors (Lipinski definition) is 4. The van der Waals surface area contributed by atoms with Crippen LogP contribution in [0.3, 0.4) is 0 Å². The van der Waals surface area contributed by atoms with E-state index in [4.69, 9.17) is 9.47 Å². The van der Waals surface area contributed by atoms with Crippen LogP contribution in [0.4, 0.5) is 0 Å². The first-order valence-electron chi connectivity index (χ1n) is 6.96. The molecule has 0 aliphatic carbocycles. The van der Waals surface area contributed by atoms with Gasteiger partial charge in [-0.25, -0.2) is 4.98 Å². The van der Waals surface area contributed by atoms with Crippen molar-refractivity contribution in [2.45, 2.75) is 26.6 Å². The van der Waals surface area contributed by atoms with Gasteiger partial charge in [-0.2, -0.15) is 0 Å². The number of H-pyrrole nitrogens is 1. The number of nitrogens with zero attached hydrogens (tertiary/aromatic N) is 2. The van der Waals surface area contributed by atoms with Crippen LogP contribution < -0.4 is 4.74 Å². The molecule has 1 heterocycles. The number of aromatic nitrogens is 2. The van der Waals surface area contributed by atoms with Gasteiger partial charge in [0, 0.05) is 31.1 Å². The molecule has 0 saturated heterocycles. The van der Waals surface area contributed by atoms with E-state index in [2.05, 4.69) is 34.0 Å². The molecule has 0 aliphatic rings. The van der Waals surface area contributed by atoms with Crippen molar-refractivity contribution in [3.63, 3.8) is 0 Å². The van der Waals surface area contributed by atoms with Gasteiger partial charge in [-0.15, -0.1) is 0 Å². The van der Waals surface area contributed by atoms with Gasteiger partial charge in [-0.05, 0) is 31.7 Å². The molecule has 0 aliphatic heterocycles. The Balaban J connectivity index is 2.02. The number of ether oxygens (including phenoxy) is 2. The summed E-state index contributed by atoms with van der Waals surface area (Å²) in [6.45, 7) is 4.20. The summed E-state index contributed by atoms with van der Waals surface area (Å²) in [5, 5.41) is 0. The summed E-state index contributed by atoms with van der Waals surface area (Å²) >= 11 is 0. The molecule has 2 rings (SSSR count). The van der Waals surface area contributed by atoms with Crippen molar-refractivity contribution in [3.05, 3.63) is 47.0 Å². The third-order valence-electron chi connectivity index (χ3n) is 3.27. The summed E-state index contributed by atoms with van der Waals surface area (Å²) in [5.41, 5.74) is 3.39. The standard InChI is InChI=1S/C16H23N3O2/c1-12-8-17-16(18-12)10-19(2)9-13-5-6-15(21-4)14(7-13)11-20-3/h5-8H,9-11H2,1-4H3,(H,17,18). The Morgan fingerprint density at radius 3 is 2.67 bits per heavy atom. The predicted octanol–water partition coefficient (Wildman–Crippen LogP) is 2.51. The molecule has 21 heavy (non-hydrogen) atoms. The van der Waals surface area contributed by atoms with E-state index >= 15 is 0 Å². The monoisotopic (exact) mass is 289 g/mol. The van der Waals surface area contributed by atoms with Gasteiger partial charge < -0.3 is 14.5 Å². The number of nitrogens with one attached hydrogen (secondary N) is 1. The fourth-order valence-corrected chi connectivity index (χ4v) is 2.37. The molecular weight excluding hydrogens is 266 g/mol. The number of aromatic amines is 1. The highest BCUT2D eigenvalue weighted by molar-refractivity contribution is 5.36. The number of methoxy groups -OCH3 is 2. The van der Waals surface area contributed by atoms with Crippen LogP contribution in [-0.4, -0.2) is 36.1 Å². The third-order valence-corrected chi connectivity index (χ3v) is 3.27. The minimum atomic E-state index is 0.554. The van der Waals surface area contributed by atoms with E-state index < -0.39 is 0 Å². The maximum atomic E-state index is 5.35. The van der Waals surface area contributed by atoms with Crippen LogP contribution in [0.25, 0.3) is 0 Å². The van der Waals surface area contributed by atoms with Crippen molar-refractivity contribution in [2.24, 2.45) is 0 Å². The molecule has 0 amide bonds. The highest BCUT2D eigenvalue weighted by Crippen LogP contribution is 2.21. The fourth-order valence-electron chi connectivity index (χ4n) is 2.37. The normalized spacial score (nSPS) is 11.1. The lowest BCUT2D eigenvalue weighted by Crippen LogP contribution is -2.18. The number of rotatable bonds is 7. The first-order valence-corrected chi connectivity index (χ1v) is 6.96. The van der Waals surface area contributed by atoms with Crippen LogP contribution in [0.1, 0.15) is 22.6 Å². The quantitative estimate of drug-likeness (QED) is 0.851. The second-order valence-electron chi connectivity index (χ2n) is 5.26. The topological polar surface area (TPSA) is 50.4 Å². The first kappa shape index (κ1) is 15.5. The lowest BCUT2D eigenvalue weighted by Gasteiger charge is -2.17. The first-order chi connectivity index (χ1) is 10.1. The molecule has 1 aromatic heterocycles. The molecule has 5 heteroatoms. The molecular formula is C16H23N3O2. The van der Waals surface area contributed by atoms with E-state index in [1.165, 1.54) is 5.56 Å². The molecule has 1 aromatic carbocycles. The predicted molar refractivity (Wildman–Crippen MR) is 82.2 cm³/mol. The SMILES string of the molecule is COCc1cc(CN(C)Cc2ncc(C)[nH]2)ccc1OC. The van der Waals surface area contributed by atoms with E-state index in [0.29, 0.717) is 6.61 Å². The summed E-state index contributed by atoms with van der Waals surface area (Å²) in [7, 11) is 5.45. The molecule has 114 valence electrons. The van der Waals surface area contributed by atoms with Crippen molar-refractivity contribution in [1.29, 1.82) is 0 Å². The van der Waals surface area contributed by atoms with Gasteiger partial charge >= 0.3 is 0 Å². The zero-order valence-electron chi connectivity index (χ0n) is 13.1. The van der Waals surface area contributed by atoms with Gasteiger partial charge in [-0.1, -0.05) is 6.07 Å². The summed E-state index contributed by atoms with van der Waals surface area (Å²) in [6, 6.07) is 6.21. The van der Waals surface area contributed by atoms with Crippen LogP contribution >= 0.6 is 0 Å². The van der Waals surface area contributed by atoms with Crippen molar-refractivity contribution in [3.8, 4) is 5.75 Å². The molecule has 0 bridgehead atoms. The summed E-state index contributed by atoms with van der Waals surface area (Å²) in [6.07, 6.45) is 1.85. The van der Waals surface area contributed by atoms with Crippen molar-refractivity contribution in [1.82, 2.24) is 14.9 Å². The van der Waals surface area contributed by atoms with E-state index in [-0.39, 0.29) is 0 Å². The smallest absolute Gasteiger partial charge is 0.124 e. The lowest BCUT2D eigenvalue weighted by molar-refractivity contribution is 0.181. The Morgan fingerprint density at radius 2 is 2.05 bits per heavy atom. The van der Waals surface area contributed by atoms with Gasteiger partial charge in [0.2, 0.25) is 0 Å². The summed E-state index contributed by atoms with van der Waals surface area (Å²) < 4.78 is 10.6. The molecule has 0 unspecified atom stereocenters. The fraction of sp³-hybridized carbons (Fsp3) is 0.438. The highest BCUT2D eigenvalue weighted by Gasteiger charge is 2.08. The van der Waals surface area contributed by atoms with Crippen molar-refractivity contribution < 1.29 is 9.47 Å². The Morgan fingerprint density at radius 1 is 1.24 bits per heavy atom. The van der Waals surface area contributed by atoms with Crippen molar-refractivity contribution in [2.75, 3.05) is 21.3 Å². The third kappa shape index (κ3) is 4.31. The summed E-state index contributed by atoms with van der Waals surface area (Å²) in [5.74, 6) is 1.85. The van der Waals surface area contributed by atoms with Crippen molar-refractivity contribution >= 4 is 0 Å². The minimum Gasteiger partial charge on any atom is -0.496 e. The largest absolute Gasteiger partial charge is 0.496 e. The second-order valence-corrected chi connectivity index (χ2v) is 5.26. The lowest BCUT2D eigenvalue weighted by atomic mass is 10.1. The van der Waals surface area contributed by atoms with Crippen LogP contribution in [0.2, 0.25) is 0 Å². The van der Waals surface area contributed by atoms with Gasteiger partial charge in [0.15, 0.2) is 0 Å². The second kappa shape index (κ2) is 7.24. The van der Waals surface area contributed by atoms with Gasteiger partial charge in [0.25, 0.3) is 0 Å². The number of hydrogen-bond donors (Lipinski definition) is 1. The van der Waals surface area contributed by atoms with Gasteiger partial charge in [0.05, 0.1) is 20.3 Å². The molecule has 0 radical (unpaired) electrons. The zero-order chi connectivity index (χ0) is 15.2. The number of aryl methyl sites for hydroxylation is 1. The molecule has 2 aromatic rings. The number of imidazole rings is 1. The van der Waals surface area contributed by atoms with Crippen LogP contribution in [-0.2, 0) is 24.4 Å². The average Bonchev–Trinajstić information content (AvgIpc) is 2.84. The number of benzene rings is 1. The molecule has 0 spiro atoms. The van der Waals surface area contributed by atoms with Gasteiger partial charge in [0.1, 0.15) is 11.6 Å². The Bertz CT molecular complexity index is 581. The molecule has 0 atom stereocenters. The van der Waals surface area contributed by atoms with E-state index in [1.54, 1.807) is 14.2 Å². The maximum absolute atomic E-state index is 5.35. The maximum Gasteiger partial charge on any atom is 0.124 e. The molecule has 0 saturated carbocycles. The molecule has 1 N–H and O–H groups in total. The zero-order valence-corrected chi connectivity index (χ0v) is 13.1. The summed E-state index contributed by atoms with van der Waals surface area (Å²) in [4.78, 5) is 9.80. The average molecular weight is 289 g/mol. The molecule has 5 nitrogen and oxygen atoms in total. The van der Waals surface area contributed by atoms with E-state index in [1.807, 2.05) is 19.2 Å². The minimum absolute atomic E-state index is 0.554.